The number of para-hydroxylation sites is 1. The molecule has 3 aromatic carbocycles. The molecule has 0 fully saturated rings. The molecule has 0 saturated carbocycles. The number of nitrogens with zero attached hydrogens (tertiary/aromatic N) is 2. The van der Waals surface area contributed by atoms with Crippen molar-refractivity contribution in [1.29, 1.82) is 0 Å². The average Bonchev–Trinajstić information content (AvgIpc) is 3.19. The van der Waals surface area contributed by atoms with E-state index >= 15 is 0 Å². The predicted molar refractivity (Wildman–Crippen MR) is 125 cm³/mol. The van der Waals surface area contributed by atoms with Gasteiger partial charge in [-0.2, -0.15) is 0 Å². The maximum absolute atomic E-state index is 13.8. The Bertz CT molecular complexity index is 1600. The van der Waals surface area contributed by atoms with Crippen molar-refractivity contribution in [2.75, 3.05) is 7.11 Å². The van der Waals surface area contributed by atoms with Crippen molar-refractivity contribution in [2.24, 2.45) is 0 Å². The molecule has 5 rings (SSSR count). The Balaban J connectivity index is 1.86. The standard InChI is InChI=1S/C26H22N2O4/c1-16-11-12-19(13-17(16)2)28-25(29)24-23(21-9-4-5-10-22(21)32-24)27(26(28)30)15-18-7-6-8-20(14-18)31-3/h4-14H,15H2,1-3H3. The molecule has 0 spiro atoms. The lowest BCUT2D eigenvalue weighted by Crippen LogP contribution is -2.39. The molecule has 0 radical (unpaired) electrons. The van der Waals surface area contributed by atoms with Gasteiger partial charge in [0, 0.05) is 5.39 Å². The van der Waals surface area contributed by atoms with Gasteiger partial charge in [0.05, 0.1) is 19.3 Å². The topological polar surface area (TPSA) is 66.4 Å². The van der Waals surface area contributed by atoms with Crippen LogP contribution < -0.4 is 16.0 Å². The minimum absolute atomic E-state index is 0.159. The lowest BCUT2D eigenvalue weighted by molar-refractivity contribution is 0.414. The van der Waals surface area contributed by atoms with Crippen molar-refractivity contribution in [1.82, 2.24) is 9.13 Å². The number of hydrogen-bond acceptors (Lipinski definition) is 4. The fraction of sp³-hybridized carbons (Fsp3) is 0.154. The second-order valence-electron chi connectivity index (χ2n) is 7.91. The van der Waals surface area contributed by atoms with Crippen LogP contribution in [-0.4, -0.2) is 16.2 Å². The van der Waals surface area contributed by atoms with Crippen LogP contribution >= 0.6 is 0 Å². The van der Waals surface area contributed by atoms with Crippen molar-refractivity contribution < 1.29 is 9.15 Å². The molecule has 6 heteroatoms. The van der Waals surface area contributed by atoms with E-state index in [1.807, 2.05) is 68.4 Å². The average molecular weight is 426 g/mol. The molecule has 5 aromatic rings. The van der Waals surface area contributed by atoms with Gasteiger partial charge in [-0.15, -0.1) is 0 Å². The maximum Gasteiger partial charge on any atom is 0.336 e. The van der Waals surface area contributed by atoms with Gasteiger partial charge in [0.1, 0.15) is 16.8 Å². The highest BCUT2D eigenvalue weighted by Crippen LogP contribution is 2.27. The van der Waals surface area contributed by atoms with Gasteiger partial charge in [-0.05, 0) is 66.9 Å². The molecule has 0 amide bonds. The smallest absolute Gasteiger partial charge is 0.336 e. The molecule has 6 nitrogen and oxygen atoms in total. The van der Waals surface area contributed by atoms with Gasteiger partial charge in [-0.25, -0.2) is 9.36 Å². The molecule has 0 aliphatic carbocycles. The van der Waals surface area contributed by atoms with Crippen molar-refractivity contribution in [2.45, 2.75) is 20.4 Å². The molecule has 2 heterocycles. The maximum atomic E-state index is 13.8. The van der Waals surface area contributed by atoms with Crippen LogP contribution in [0.5, 0.6) is 5.75 Å². The molecule has 2 aromatic heterocycles. The number of furan rings is 1. The number of aromatic nitrogens is 2. The Morgan fingerprint density at radius 1 is 0.906 bits per heavy atom. The predicted octanol–water partition coefficient (Wildman–Crippen LogP) is 4.57. The van der Waals surface area contributed by atoms with Crippen LogP contribution in [-0.2, 0) is 6.54 Å². The van der Waals surface area contributed by atoms with Crippen LogP contribution in [0, 0.1) is 13.8 Å². The third kappa shape index (κ3) is 3.12. The molecule has 160 valence electrons. The molecule has 32 heavy (non-hydrogen) atoms. The van der Waals surface area contributed by atoms with E-state index in [-0.39, 0.29) is 12.1 Å². The minimum atomic E-state index is -0.466. The van der Waals surface area contributed by atoms with E-state index in [4.69, 9.17) is 9.15 Å². The Labute approximate surface area is 183 Å². The summed E-state index contributed by atoms with van der Waals surface area (Å²) in [5, 5.41) is 0.729. The van der Waals surface area contributed by atoms with E-state index < -0.39 is 11.2 Å². The van der Waals surface area contributed by atoms with Crippen LogP contribution in [0.1, 0.15) is 16.7 Å². The van der Waals surface area contributed by atoms with E-state index in [2.05, 4.69) is 0 Å². The zero-order valence-corrected chi connectivity index (χ0v) is 18.1. The summed E-state index contributed by atoms with van der Waals surface area (Å²) in [4.78, 5) is 27.2. The Morgan fingerprint density at radius 3 is 2.50 bits per heavy atom. The summed E-state index contributed by atoms with van der Waals surface area (Å²) >= 11 is 0. The third-order valence-corrected chi connectivity index (χ3v) is 5.88. The van der Waals surface area contributed by atoms with Gasteiger partial charge < -0.3 is 9.15 Å². The first kappa shape index (κ1) is 19.9. The van der Waals surface area contributed by atoms with Crippen LogP contribution in [0.2, 0.25) is 0 Å². The first-order valence-corrected chi connectivity index (χ1v) is 10.4. The number of aryl methyl sites for hydroxylation is 2. The van der Waals surface area contributed by atoms with Gasteiger partial charge >= 0.3 is 11.2 Å². The summed E-state index contributed by atoms with van der Waals surface area (Å²) in [5.74, 6) is 0.700. The van der Waals surface area contributed by atoms with E-state index in [1.54, 1.807) is 23.8 Å². The Morgan fingerprint density at radius 2 is 1.72 bits per heavy atom. The molecule has 0 atom stereocenters. The van der Waals surface area contributed by atoms with Gasteiger partial charge in [0.25, 0.3) is 0 Å². The van der Waals surface area contributed by atoms with E-state index in [0.29, 0.717) is 22.5 Å². The number of methoxy groups -OCH3 is 1. The first-order valence-electron chi connectivity index (χ1n) is 10.4. The molecular formula is C26H22N2O4. The normalized spacial score (nSPS) is 11.3. The van der Waals surface area contributed by atoms with E-state index in [0.717, 1.165) is 22.1 Å². The lowest BCUT2D eigenvalue weighted by Gasteiger charge is -2.13. The molecule has 0 aliphatic heterocycles. The number of benzene rings is 3. The largest absolute Gasteiger partial charge is 0.497 e. The molecule has 0 unspecified atom stereocenters. The van der Waals surface area contributed by atoms with Crippen LogP contribution in [0.4, 0.5) is 0 Å². The molecule has 0 N–H and O–H groups in total. The number of ether oxygens (including phenoxy) is 1. The second-order valence-corrected chi connectivity index (χ2v) is 7.91. The van der Waals surface area contributed by atoms with Gasteiger partial charge in [-0.1, -0.05) is 30.3 Å². The summed E-state index contributed by atoms with van der Waals surface area (Å²) < 4.78 is 14.1. The second kappa shape index (κ2) is 7.57. The first-order chi connectivity index (χ1) is 15.5. The number of rotatable bonds is 4. The Kier molecular flexibility index (Phi) is 4.70. The highest BCUT2D eigenvalue weighted by molar-refractivity contribution is 6.02. The van der Waals surface area contributed by atoms with Crippen molar-refractivity contribution >= 4 is 22.1 Å². The lowest BCUT2D eigenvalue weighted by atomic mass is 10.1. The number of hydrogen-bond donors (Lipinski definition) is 0. The summed E-state index contributed by atoms with van der Waals surface area (Å²) in [6.45, 7) is 4.21. The molecular weight excluding hydrogens is 404 g/mol. The summed E-state index contributed by atoms with van der Waals surface area (Å²) in [6.07, 6.45) is 0. The monoisotopic (exact) mass is 426 g/mol. The molecule has 0 saturated heterocycles. The van der Waals surface area contributed by atoms with Crippen LogP contribution in [0.3, 0.4) is 0 Å². The fourth-order valence-corrected chi connectivity index (χ4v) is 4.04. The van der Waals surface area contributed by atoms with Crippen molar-refractivity contribution in [3.05, 3.63) is 104 Å². The third-order valence-electron chi connectivity index (χ3n) is 5.88. The zero-order valence-electron chi connectivity index (χ0n) is 18.1. The summed E-state index contributed by atoms with van der Waals surface area (Å²) in [7, 11) is 1.60. The zero-order chi connectivity index (χ0) is 22.4. The van der Waals surface area contributed by atoms with Crippen LogP contribution in [0.25, 0.3) is 27.8 Å². The van der Waals surface area contributed by atoms with Crippen LogP contribution in [0.15, 0.2) is 80.7 Å². The van der Waals surface area contributed by atoms with Crippen molar-refractivity contribution in [3.8, 4) is 11.4 Å². The molecule has 0 bridgehead atoms. The quantitative estimate of drug-likeness (QED) is 0.422. The Hall–Kier alpha value is -4.06. The van der Waals surface area contributed by atoms with E-state index in [1.165, 1.54) is 4.57 Å². The summed E-state index contributed by atoms with van der Waals surface area (Å²) in [5.41, 5.74) is 3.82. The minimum Gasteiger partial charge on any atom is -0.497 e. The van der Waals surface area contributed by atoms with Gasteiger partial charge in [0.15, 0.2) is 0 Å². The highest BCUT2D eigenvalue weighted by Gasteiger charge is 2.21. The SMILES string of the molecule is COc1cccc(Cn2c(=O)n(-c3ccc(C)c(C)c3)c(=O)c3oc4ccccc4c32)c1. The number of fused-ring (bicyclic) bond motifs is 3. The van der Waals surface area contributed by atoms with E-state index in [9.17, 15) is 9.59 Å². The van der Waals surface area contributed by atoms with Gasteiger partial charge in [0.2, 0.25) is 5.58 Å². The highest BCUT2D eigenvalue weighted by atomic mass is 16.5. The van der Waals surface area contributed by atoms with Crippen molar-refractivity contribution in [3.63, 3.8) is 0 Å². The summed E-state index contributed by atoms with van der Waals surface area (Å²) in [6, 6.07) is 20.5. The fourth-order valence-electron chi connectivity index (χ4n) is 4.04. The van der Waals surface area contributed by atoms with Gasteiger partial charge in [-0.3, -0.25) is 9.36 Å². The molecule has 0 aliphatic rings.